The lowest BCUT2D eigenvalue weighted by atomic mass is 10.1. The number of carbonyl (C=O) groups is 6. The Balaban J connectivity index is 2.87. The van der Waals surface area contributed by atoms with E-state index in [2.05, 4.69) is 10.6 Å². The molecular formula is C22H36N4O9. The maximum Gasteiger partial charge on any atom is 0.354 e. The molecule has 4 N–H and O–H groups in total. The predicted octanol–water partition coefficient (Wildman–Crippen LogP) is -0.543. The Morgan fingerprint density at radius 2 is 1.49 bits per heavy atom. The maximum absolute atomic E-state index is 12.8. The highest BCUT2D eigenvalue weighted by atomic mass is 16.7. The van der Waals surface area contributed by atoms with Gasteiger partial charge in [-0.2, -0.15) is 0 Å². The Hall–Kier alpha value is -3.06. The Labute approximate surface area is 204 Å². The predicted molar refractivity (Wildman–Crippen MR) is 121 cm³/mol. The number of ether oxygens (including phenoxy) is 2. The number of hydrogen-bond acceptors (Lipinski definition) is 10. The SMILES string of the molecule is C[C@H](NC(=O)[C@H](CC(=O)OC(C)(C)C)NC(=O)[C@@H](N)COC(C)(C)C)C(=O)ON1C(=O)CCC1=O. The van der Waals surface area contributed by atoms with Gasteiger partial charge in [-0.05, 0) is 48.5 Å². The van der Waals surface area contributed by atoms with E-state index in [0.29, 0.717) is 5.06 Å². The van der Waals surface area contributed by atoms with Gasteiger partial charge in [0, 0.05) is 12.8 Å². The van der Waals surface area contributed by atoms with E-state index in [9.17, 15) is 28.8 Å². The van der Waals surface area contributed by atoms with E-state index < -0.39 is 71.3 Å². The van der Waals surface area contributed by atoms with Crippen molar-refractivity contribution in [2.75, 3.05) is 6.61 Å². The van der Waals surface area contributed by atoms with Crippen LogP contribution in [0.5, 0.6) is 0 Å². The van der Waals surface area contributed by atoms with E-state index in [1.165, 1.54) is 6.92 Å². The zero-order chi connectivity index (χ0) is 27.1. The summed E-state index contributed by atoms with van der Waals surface area (Å²) < 4.78 is 10.7. The van der Waals surface area contributed by atoms with Crippen molar-refractivity contribution in [3.05, 3.63) is 0 Å². The summed E-state index contributed by atoms with van der Waals surface area (Å²) in [5.74, 6) is -4.88. The molecule has 1 heterocycles. The number of hydroxylamine groups is 2. The molecule has 3 atom stereocenters. The molecule has 0 aromatic carbocycles. The fourth-order valence-electron chi connectivity index (χ4n) is 2.65. The van der Waals surface area contributed by atoms with E-state index >= 15 is 0 Å². The average molecular weight is 501 g/mol. The van der Waals surface area contributed by atoms with Crippen molar-refractivity contribution < 1.29 is 43.1 Å². The number of nitrogens with two attached hydrogens (primary N) is 1. The third-order valence-electron chi connectivity index (χ3n) is 4.36. The second kappa shape index (κ2) is 12.1. The van der Waals surface area contributed by atoms with Crippen LogP contribution in [0.25, 0.3) is 0 Å². The molecule has 13 nitrogen and oxygen atoms in total. The topological polar surface area (TPSA) is 183 Å². The fourth-order valence-corrected chi connectivity index (χ4v) is 2.65. The van der Waals surface area contributed by atoms with Crippen LogP contribution in [0.1, 0.15) is 67.7 Å². The summed E-state index contributed by atoms with van der Waals surface area (Å²) in [6.45, 7) is 11.4. The summed E-state index contributed by atoms with van der Waals surface area (Å²) in [5.41, 5.74) is 4.45. The van der Waals surface area contributed by atoms with Gasteiger partial charge < -0.3 is 30.7 Å². The van der Waals surface area contributed by atoms with Crippen LogP contribution in [-0.4, -0.2) is 76.6 Å². The number of esters is 1. The molecule has 0 aromatic heterocycles. The summed E-state index contributed by atoms with van der Waals surface area (Å²) in [5, 5.41) is 5.01. The van der Waals surface area contributed by atoms with E-state index in [1.807, 2.05) is 0 Å². The van der Waals surface area contributed by atoms with E-state index in [0.717, 1.165) is 0 Å². The summed E-state index contributed by atoms with van der Waals surface area (Å²) in [7, 11) is 0. The molecule has 1 aliphatic heterocycles. The Morgan fingerprint density at radius 3 is 1.97 bits per heavy atom. The minimum atomic E-state index is -1.44. The number of rotatable bonds is 10. The van der Waals surface area contributed by atoms with Crippen molar-refractivity contribution >= 4 is 35.6 Å². The number of nitrogens with one attached hydrogen (secondary N) is 2. The van der Waals surface area contributed by atoms with E-state index in [4.69, 9.17) is 20.0 Å². The van der Waals surface area contributed by atoms with Crippen LogP contribution in [0.15, 0.2) is 0 Å². The van der Waals surface area contributed by atoms with Crippen LogP contribution in [0.3, 0.4) is 0 Å². The van der Waals surface area contributed by atoms with Crippen LogP contribution >= 0.6 is 0 Å². The Bertz CT molecular complexity index is 829. The van der Waals surface area contributed by atoms with Gasteiger partial charge in [-0.25, -0.2) is 4.79 Å². The molecule has 0 unspecified atom stereocenters. The number of carbonyl (C=O) groups excluding carboxylic acids is 6. The summed E-state index contributed by atoms with van der Waals surface area (Å²) >= 11 is 0. The van der Waals surface area contributed by atoms with Gasteiger partial charge in [0.1, 0.15) is 23.7 Å². The summed E-state index contributed by atoms with van der Waals surface area (Å²) in [4.78, 5) is 78.0. The second-order valence-corrected chi connectivity index (χ2v) is 10.1. The van der Waals surface area contributed by atoms with Gasteiger partial charge in [-0.3, -0.25) is 24.0 Å². The number of hydrogen-bond donors (Lipinski definition) is 3. The van der Waals surface area contributed by atoms with Gasteiger partial charge in [-0.1, -0.05) is 0 Å². The third-order valence-corrected chi connectivity index (χ3v) is 4.36. The molecule has 0 spiro atoms. The standard InChI is InChI=1S/C22H36N4O9/c1-12(20(32)35-26-15(27)8-9-16(26)28)24-19(31)14(10-17(29)34-22(5,6)7)25-18(30)13(23)11-33-21(2,3)4/h12-14H,8-11,23H2,1-7H3,(H,24,31)(H,25,30)/t12-,13-,14-/m0/s1. The maximum atomic E-state index is 12.8. The second-order valence-electron chi connectivity index (χ2n) is 10.1. The van der Waals surface area contributed by atoms with Crippen molar-refractivity contribution in [3.63, 3.8) is 0 Å². The summed E-state index contributed by atoms with van der Waals surface area (Å²) in [6.07, 6.45) is -0.724. The molecule has 1 rings (SSSR count). The van der Waals surface area contributed by atoms with Crippen molar-refractivity contribution in [1.29, 1.82) is 0 Å². The van der Waals surface area contributed by atoms with Crippen LogP contribution in [-0.2, 0) is 43.1 Å². The molecule has 1 aliphatic rings. The van der Waals surface area contributed by atoms with Gasteiger partial charge in [0.05, 0.1) is 18.6 Å². The van der Waals surface area contributed by atoms with Crippen LogP contribution in [0, 0.1) is 0 Å². The lowest BCUT2D eigenvalue weighted by Crippen LogP contribution is -2.56. The summed E-state index contributed by atoms with van der Waals surface area (Å²) in [6, 6.07) is -3.90. The van der Waals surface area contributed by atoms with Crippen LogP contribution in [0.2, 0.25) is 0 Å². The number of amides is 4. The minimum Gasteiger partial charge on any atom is -0.460 e. The zero-order valence-electron chi connectivity index (χ0n) is 21.3. The first kappa shape index (κ1) is 30.0. The average Bonchev–Trinajstić information content (AvgIpc) is 3.01. The smallest absolute Gasteiger partial charge is 0.354 e. The molecular weight excluding hydrogens is 464 g/mol. The molecule has 1 fully saturated rings. The molecule has 4 amide bonds. The van der Waals surface area contributed by atoms with Crippen molar-refractivity contribution in [3.8, 4) is 0 Å². The quantitative estimate of drug-likeness (QED) is 0.260. The molecule has 0 aromatic rings. The largest absolute Gasteiger partial charge is 0.460 e. The first-order chi connectivity index (χ1) is 15.9. The Morgan fingerprint density at radius 1 is 0.943 bits per heavy atom. The van der Waals surface area contributed by atoms with Gasteiger partial charge in [-0.15, -0.1) is 5.06 Å². The molecule has 13 heteroatoms. The van der Waals surface area contributed by atoms with Crippen LogP contribution in [0.4, 0.5) is 0 Å². The van der Waals surface area contributed by atoms with E-state index in [1.54, 1.807) is 41.5 Å². The van der Waals surface area contributed by atoms with Gasteiger partial charge in [0.25, 0.3) is 11.8 Å². The molecule has 0 bridgehead atoms. The molecule has 1 saturated heterocycles. The first-order valence-electron chi connectivity index (χ1n) is 11.2. The fraction of sp³-hybridized carbons (Fsp3) is 0.727. The highest BCUT2D eigenvalue weighted by Gasteiger charge is 2.35. The lowest BCUT2D eigenvalue weighted by molar-refractivity contribution is -0.198. The molecule has 0 radical (unpaired) electrons. The number of imide groups is 1. The lowest BCUT2D eigenvalue weighted by Gasteiger charge is -2.25. The molecule has 0 saturated carbocycles. The van der Waals surface area contributed by atoms with Crippen LogP contribution < -0.4 is 16.4 Å². The van der Waals surface area contributed by atoms with Crippen molar-refractivity contribution in [1.82, 2.24) is 15.7 Å². The van der Waals surface area contributed by atoms with Gasteiger partial charge in [0.2, 0.25) is 11.8 Å². The third kappa shape index (κ3) is 10.8. The zero-order valence-corrected chi connectivity index (χ0v) is 21.3. The molecule has 35 heavy (non-hydrogen) atoms. The van der Waals surface area contributed by atoms with Crippen molar-refractivity contribution in [2.24, 2.45) is 5.73 Å². The highest BCUT2D eigenvalue weighted by Crippen LogP contribution is 2.13. The monoisotopic (exact) mass is 500 g/mol. The number of nitrogens with zero attached hydrogens (tertiary/aromatic N) is 1. The normalized spacial score (nSPS) is 16.9. The van der Waals surface area contributed by atoms with E-state index in [-0.39, 0.29) is 19.4 Å². The first-order valence-corrected chi connectivity index (χ1v) is 11.2. The Kier molecular flexibility index (Phi) is 10.3. The van der Waals surface area contributed by atoms with Gasteiger partial charge >= 0.3 is 11.9 Å². The highest BCUT2D eigenvalue weighted by molar-refractivity contribution is 6.02. The van der Waals surface area contributed by atoms with Crippen molar-refractivity contribution in [2.45, 2.75) is 97.1 Å². The molecule has 0 aliphatic carbocycles. The minimum absolute atomic E-state index is 0.0873. The molecule has 198 valence electrons. The van der Waals surface area contributed by atoms with Gasteiger partial charge in [0.15, 0.2) is 0 Å².